The van der Waals surface area contributed by atoms with Crippen LogP contribution in [-0.4, -0.2) is 23.5 Å². The van der Waals surface area contributed by atoms with E-state index < -0.39 is 16.9 Å². The molecule has 0 aliphatic heterocycles. The normalized spacial score (nSPS) is 11.8. The first kappa shape index (κ1) is 19.1. The topological polar surface area (TPSA) is 46.2 Å². The van der Waals surface area contributed by atoms with Crippen LogP contribution in [0.15, 0.2) is 47.4 Å². The maximum Gasteiger partial charge on any atom is 0.216 e. The SMILES string of the molecule is CC(=O)NCCc1ccc(C(=O)C(C)Sc2ccc(F)cc2F)cc1. The van der Waals surface area contributed by atoms with E-state index in [9.17, 15) is 18.4 Å². The summed E-state index contributed by atoms with van der Waals surface area (Å²) >= 11 is 1.06. The average Bonchev–Trinajstić information content (AvgIpc) is 2.57. The third kappa shape index (κ3) is 5.67. The number of hydrogen-bond donors (Lipinski definition) is 1. The number of hydrogen-bond acceptors (Lipinski definition) is 3. The quantitative estimate of drug-likeness (QED) is 0.597. The Morgan fingerprint density at radius 1 is 1.12 bits per heavy atom. The summed E-state index contributed by atoms with van der Waals surface area (Å²) in [6.07, 6.45) is 0.680. The van der Waals surface area contributed by atoms with Crippen LogP contribution >= 0.6 is 11.8 Å². The van der Waals surface area contributed by atoms with Crippen molar-refractivity contribution >= 4 is 23.5 Å². The van der Waals surface area contributed by atoms with Gasteiger partial charge in [0.2, 0.25) is 5.91 Å². The molecular formula is C19H19F2NO2S. The number of amides is 1. The second kappa shape index (κ2) is 8.76. The lowest BCUT2D eigenvalue weighted by Gasteiger charge is -2.11. The predicted octanol–water partition coefficient (Wildman–Crippen LogP) is 4.01. The summed E-state index contributed by atoms with van der Waals surface area (Å²) in [6.45, 7) is 3.70. The zero-order chi connectivity index (χ0) is 18.4. The second-order valence-corrected chi connectivity index (χ2v) is 7.01. The van der Waals surface area contributed by atoms with Crippen LogP contribution in [0.4, 0.5) is 8.78 Å². The Labute approximate surface area is 149 Å². The van der Waals surface area contributed by atoms with Crippen LogP contribution in [0.1, 0.15) is 29.8 Å². The van der Waals surface area contributed by atoms with Gasteiger partial charge >= 0.3 is 0 Å². The van der Waals surface area contributed by atoms with E-state index in [1.54, 1.807) is 19.1 Å². The Balaban J connectivity index is 1.98. The molecule has 1 amide bonds. The zero-order valence-corrected chi connectivity index (χ0v) is 14.8. The van der Waals surface area contributed by atoms with Gasteiger partial charge in [0, 0.05) is 30.0 Å². The van der Waals surface area contributed by atoms with Crippen molar-refractivity contribution in [3.05, 3.63) is 65.2 Å². The minimum atomic E-state index is -0.669. The third-order valence-electron chi connectivity index (χ3n) is 3.59. The van der Waals surface area contributed by atoms with Crippen LogP contribution in [-0.2, 0) is 11.2 Å². The summed E-state index contributed by atoms with van der Waals surface area (Å²) < 4.78 is 26.6. The fourth-order valence-corrected chi connectivity index (χ4v) is 3.21. The highest BCUT2D eigenvalue weighted by Crippen LogP contribution is 2.28. The minimum absolute atomic E-state index is 0.0781. The highest BCUT2D eigenvalue weighted by Gasteiger charge is 2.18. The van der Waals surface area contributed by atoms with E-state index in [0.717, 1.165) is 23.4 Å². The molecule has 25 heavy (non-hydrogen) atoms. The largest absolute Gasteiger partial charge is 0.356 e. The molecule has 2 aromatic rings. The van der Waals surface area contributed by atoms with Gasteiger partial charge in [0.25, 0.3) is 0 Å². The van der Waals surface area contributed by atoms with Crippen LogP contribution in [0.3, 0.4) is 0 Å². The van der Waals surface area contributed by atoms with Crippen molar-refractivity contribution in [2.75, 3.05) is 6.54 Å². The number of thioether (sulfide) groups is 1. The lowest BCUT2D eigenvalue weighted by Crippen LogP contribution is -2.22. The molecule has 0 saturated heterocycles. The molecule has 0 radical (unpaired) electrons. The Hall–Kier alpha value is -2.21. The first-order valence-corrected chi connectivity index (χ1v) is 8.74. The van der Waals surface area contributed by atoms with Gasteiger partial charge in [-0.25, -0.2) is 8.78 Å². The molecule has 0 bridgehead atoms. The summed E-state index contributed by atoms with van der Waals surface area (Å²) in [5, 5.41) is 2.22. The Morgan fingerprint density at radius 3 is 2.40 bits per heavy atom. The number of benzene rings is 2. The molecule has 0 aliphatic carbocycles. The van der Waals surface area contributed by atoms with E-state index in [4.69, 9.17) is 0 Å². The predicted molar refractivity (Wildman–Crippen MR) is 94.8 cm³/mol. The van der Waals surface area contributed by atoms with E-state index in [0.29, 0.717) is 18.5 Å². The molecule has 1 atom stereocenters. The van der Waals surface area contributed by atoms with Gasteiger partial charge in [-0.15, -0.1) is 11.8 Å². The molecule has 1 unspecified atom stereocenters. The minimum Gasteiger partial charge on any atom is -0.356 e. The van der Waals surface area contributed by atoms with Crippen LogP contribution in [0.2, 0.25) is 0 Å². The van der Waals surface area contributed by atoms with Gasteiger partial charge in [-0.1, -0.05) is 24.3 Å². The van der Waals surface area contributed by atoms with E-state index in [2.05, 4.69) is 5.32 Å². The van der Waals surface area contributed by atoms with Crippen molar-refractivity contribution in [2.45, 2.75) is 30.4 Å². The smallest absolute Gasteiger partial charge is 0.216 e. The van der Waals surface area contributed by atoms with Gasteiger partial charge in [-0.05, 0) is 31.0 Å². The van der Waals surface area contributed by atoms with Gasteiger partial charge in [-0.2, -0.15) is 0 Å². The van der Waals surface area contributed by atoms with Crippen molar-refractivity contribution < 1.29 is 18.4 Å². The monoisotopic (exact) mass is 363 g/mol. The molecule has 0 spiro atoms. The summed E-state index contributed by atoms with van der Waals surface area (Å²) in [5.74, 6) is -1.51. The average molecular weight is 363 g/mol. The van der Waals surface area contributed by atoms with Gasteiger partial charge in [0.15, 0.2) is 5.78 Å². The maximum atomic E-state index is 13.7. The lowest BCUT2D eigenvalue weighted by atomic mass is 10.0. The molecule has 0 heterocycles. The number of ketones is 1. The molecule has 1 N–H and O–H groups in total. The molecule has 0 aromatic heterocycles. The fraction of sp³-hybridized carbons (Fsp3) is 0.263. The van der Waals surface area contributed by atoms with Crippen molar-refractivity contribution in [2.24, 2.45) is 0 Å². The summed E-state index contributed by atoms with van der Waals surface area (Å²) in [6, 6.07) is 10.4. The zero-order valence-electron chi connectivity index (χ0n) is 14.0. The van der Waals surface area contributed by atoms with Gasteiger partial charge in [0.1, 0.15) is 11.6 Å². The van der Waals surface area contributed by atoms with E-state index in [1.165, 1.54) is 19.1 Å². The highest BCUT2D eigenvalue weighted by molar-refractivity contribution is 8.00. The Bertz CT molecular complexity index is 763. The molecular weight excluding hydrogens is 344 g/mol. The molecule has 2 aromatic carbocycles. The summed E-state index contributed by atoms with van der Waals surface area (Å²) in [4.78, 5) is 23.6. The van der Waals surface area contributed by atoms with Crippen LogP contribution in [0, 0.1) is 11.6 Å². The first-order chi connectivity index (χ1) is 11.9. The molecule has 6 heteroatoms. The molecule has 3 nitrogen and oxygen atoms in total. The number of Topliss-reactive ketones (excluding diaryl/α,β-unsaturated/α-hetero) is 1. The third-order valence-corrected chi connectivity index (χ3v) is 4.75. The molecule has 132 valence electrons. The molecule has 0 aliphatic rings. The van der Waals surface area contributed by atoms with Crippen LogP contribution in [0.25, 0.3) is 0 Å². The number of carbonyl (C=O) groups excluding carboxylic acids is 2. The summed E-state index contributed by atoms with van der Waals surface area (Å²) in [7, 11) is 0. The molecule has 0 saturated carbocycles. The summed E-state index contributed by atoms with van der Waals surface area (Å²) in [5.41, 5.74) is 1.54. The lowest BCUT2D eigenvalue weighted by molar-refractivity contribution is -0.118. The molecule has 0 fully saturated rings. The second-order valence-electron chi connectivity index (χ2n) is 5.63. The standard InChI is InChI=1S/C19H19F2NO2S/c1-12(25-18-8-7-16(20)11-17(18)21)19(24)15-5-3-14(4-6-15)9-10-22-13(2)23/h3-8,11-12H,9-10H2,1-2H3,(H,22,23). The first-order valence-electron chi connectivity index (χ1n) is 7.86. The number of nitrogens with one attached hydrogen (secondary N) is 1. The van der Waals surface area contributed by atoms with Crippen molar-refractivity contribution in [1.29, 1.82) is 0 Å². The van der Waals surface area contributed by atoms with E-state index in [1.807, 2.05) is 12.1 Å². The van der Waals surface area contributed by atoms with Gasteiger partial charge in [0.05, 0.1) is 5.25 Å². The van der Waals surface area contributed by atoms with Crippen LogP contribution < -0.4 is 5.32 Å². The van der Waals surface area contributed by atoms with Gasteiger partial charge in [-0.3, -0.25) is 9.59 Å². The number of halogens is 2. The highest BCUT2D eigenvalue weighted by atomic mass is 32.2. The molecule has 2 rings (SSSR count). The Kier molecular flexibility index (Phi) is 6.70. The fourth-order valence-electron chi connectivity index (χ4n) is 2.27. The maximum absolute atomic E-state index is 13.7. The van der Waals surface area contributed by atoms with Gasteiger partial charge < -0.3 is 5.32 Å². The number of rotatable bonds is 7. The van der Waals surface area contributed by atoms with Crippen LogP contribution in [0.5, 0.6) is 0 Å². The van der Waals surface area contributed by atoms with Crippen molar-refractivity contribution in [1.82, 2.24) is 5.32 Å². The number of carbonyl (C=O) groups is 2. The van der Waals surface area contributed by atoms with Crippen molar-refractivity contribution in [3.63, 3.8) is 0 Å². The van der Waals surface area contributed by atoms with Crippen molar-refractivity contribution in [3.8, 4) is 0 Å². The Morgan fingerprint density at radius 2 is 1.80 bits per heavy atom. The van der Waals surface area contributed by atoms with E-state index in [-0.39, 0.29) is 16.6 Å². The van der Waals surface area contributed by atoms with E-state index >= 15 is 0 Å².